The molecule has 1 aromatic heterocycles. The van der Waals surface area contributed by atoms with Crippen molar-refractivity contribution in [2.24, 2.45) is 0 Å². The number of aliphatic carboxylic acids is 1. The van der Waals surface area contributed by atoms with Gasteiger partial charge in [-0.25, -0.2) is 0 Å². The maximum absolute atomic E-state index is 11.9. The summed E-state index contributed by atoms with van der Waals surface area (Å²) in [6.45, 7) is 1.22. The zero-order valence-corrected chi connectivity index (χ0v) is 13.7. The van der Waals surface area contributed by atoms with Gasteiger partial charge in [0.1, 0.15) is 17.9 Å². The number of rotatable bonds is 5. The van der Waals surface area contributed by atoms with Crippen molar-refractivity contribution in [1.29, 1.82) is 0 Å². The van der Waals surface area contributed by atoms with E-state index in [9.17, 15) is 14.4 Å². The SMILES string of the molecule is CN(C)c1c(N2CCC(c3ccn(CC(=O)O)n3)CC2)c(=O)c1=O. The van der Waals surface area contributed by atoms with Crippen LogP contribution in [0.1, 0.15) is 24.5 Å². The quantitative estimate of drug-likeness (QED) is 0.771. The lowest BCUT2D eigenvalue weighted by atomic mass is 9.93. The Morgan fingerprint density at radius 3 is 2.54 bits per heavy atom. The van der Waals surface area contributed by atoms with Crippen LogP contribution in [0.15, 0.2) is 21.9 Å². The highest BCUT2D eigenvalue weighted by Gasteiger charge is 2.31. The third-order valence-corrected chi connectivity index (χ3v) is 4.50. The summed E-state index contributed by atoms with van der Waals surface area (Å²) in [7, 11) is 3.53. The summed E-state index contributed by atoms with van der Waals surface area (Å²) < 4.78 is 1.42. The second-order valence-electron chi connectivity index (χ2n) is 6.34. The van der Waals surface area contributed by atoms with Crippen LogP contribution in [-0.2, 0) is 11.3 Å². The van der Waals surface area contributed by atoms with E-state index in [-0.39, 0.29) is 12.5 Å². The average molecular weight is 332 g/mol. The second-order valence-corrected chi connectivity index (χ2v) is 6.34. The normalized spacial score (nSPS) is 15.8. The van der Waals surface area contributed by atoms with E-state index in [1.54, 1.807) is 25.2 Å². The third kappa shape index (κ3) is 2.79. The Kier molecular flexibility index (Phi) is 4.13. The van der Waals surface area contributed by atoms with E-state index in [0.717, 1.165) is 18.5 Å². The first-order valence-corrected chi connectivity index (χ1v) is 7.89. The van der Waals surface area contributed by atoms with Gasteiger partial charge in [-0.1, -0.05) is 0 Å². The van der Waals surface area contributed by atoms with E-state index in [0.29, 0.717) is 24.5 Å². The molecular formula is C16H20N4O4. The van der Waals surface area contributed by atoms with Crippen molar-refractivity contribution in [2.45, 2.75) is 25.3 Å². The Morgan fingerprint density at radius 2 is 1.96 bits per heavy atom. The first-order valence-electron chi connectivity index (χ1n) is 7.89. The van der Waals surface area contributed by atoms with Crippen molar-refractivity contribution in [2.75, 3.05) is 37.0 Å². The summed E-state index contributed by atoms with van der Waals surface area (Å²) in [6.07, 6.45) is 3.31. The molecule has 8 nitrogen and oxygen atoms in total. The van der Waals surface area contributed by atoms with E-state index in [2.05, 4.69) is 5.10 Å². The molecule has 1 aliphatic heterocycles. The third-order valence-electron chi connectivity index (χ3n) is 4.50. The van der Waals surface area contributed by atoms with Crippen LogP contribution in [-0.4, -0.2) is 48.0 Å². The molecule has 0 spiro atoms. The molecule has 0 unspecified atom stereocenters. The van der Waals surface area contributed by atoms with Gasteiger partial charge in [-0.2, -0.15) is 5.10 Å². The fourth-order valence-corrected chi connectivity index (χ4v) is 3.30. The Hall–Kier alpha value is -2.64. The molecule has 0 atom stereocenters. The predicted octanol–water partition coefficient (Wildman–Crippen LogP) is 0.0137. The fourth-order valence-electron chi connectivity index (χ4n) is 3.30. The minimum Gasteiger partial charge on any atom is -0.480 e. The Labute approximate surface area is 138 Å². The molecule has 8 heteroatoms. The van der Waals surface area contributed by atoms with E-state index in [1.807, 2.05) is 11.0 Å². The summed E-state index contributed by atoms with van der Waals surface area (Å²) in [4.78, 5) is 38.0. The summed E-state index contributed by atoms with van der Waals surface area (Å²) in [5.74, 6) is -0.679. The van der Waals surface area contributed by atoms with Crippen LogP contribution in [0.3, 0.4) is 0 Å². The minimum absolute atomic E-state index is 0.144. The lowest BCUT2D eigenvalue weighted by Crippen LogP contribution is -2.46. The number of piperidine rings is 1. The van der Waals surface area contributed by atoms with Gasteiger partial charge in [-0.05, 0) is 18.9 Å². The fraction of sp³-hybridized carbons (Fsp3) is 0.500. The van der Waals surface area contributed by atoms with Gasteiger partial charge < -0.3 is 14.9 Å². The number of hydrogen-bond donors (Lipinski definition) is 1. The number of aromatic nitrogens is 2. The van der Waals surface area contributed by atoms with Gasteiger partial charge in [-0.3, -0.25) is 19.1 Å². The molecule has 1 aromatic carbocycles. The van der Waals surface area contributed by atoms with Crippen LogP contribution < -0.4 is 20.7 Å². The first-order chi connectivity index (χ1) is 11.4. The maximum atomic E-state index is 11.9. The number of carboxylic acids is 1. The number of carbonyl (C=O) groups is 1. The topological polar surface area (TPSA) is 95.7 Å². The van der Waals surface area contributed by atoms with Crippen molar-refractivity contribution in [3.8, 4) is 0 Å². The van der Waals surface area contributed by atoms with E-state index < -0.39 is 16.8 Å². The van der Waals surface area contributed by atoms with Crippen molar-refractivity contribution < 1.29 is 9.90 Å². The first kappa shape index (κ1) is 16.2. The highest BCUT2D eigenvalue weighted by Crippen LogP contribution is 2.31. The lowest BCUT2D eigenvalue weighted by molar-refractivity contribution is -0.137. The molecule has 0 saturated carbocycles. The number of hydrogen-bond acceptors (Lipinski definition) is 6. The van der Waals surface area contributed by atoms with Crippen molar-refractivity contribution in [3.63, 3.8) is 0 Å². The monoisotopic (exact) mass is 332 g/mol. The zero-order valence-electron chi connectivity index (χ0n) is 13.7. The van der Waals surface area contributed by atoms with Gasteiger partial charge in [0.25, 0.3) is 10.9 Å². The average Bonchev–Trinajstić information content (AvgIpc) is 2.99. The van der Waals surface area contributed by atoms with Crippen molar-refractivity contribution in [3.05, 3.63) is 38.4 Å². The Morgan fingerprint density at radius 1 is 1.29 bits per heavy atom. The Balaban J connectivity index is 1.67. The molecule has 1 fully saturated rings. The summed E-state index contributed by atoms with van der Waals surface area (Å²) >= 11 is 0. The molecule has 1 N–H and O–H groups in total. The smallest absolute Gasteiger partial charge is 0.325 e. The molecule has 3 rings (SSSR count). The van der Waals surface area contributed by atoms with E-state index in [1.165, 1.54) is 4.68 Å². The molecule has 0 bridgehead atoms. The van der Waals surface area contributed by atoms with Gasteiger partial charge >= 0.3 is 5.97 Å². The van der Waals surface area contributed by atoms with Crippen LogP contribution in [0.2, 0.25) is 0 Å². The van der Waals surface area contributed by atoms with Crippen molar-refractivity contribution in [1.82, 2.24) is 9.78 Å². The number of nitrogens with zero attached hydrogens (tertiary/aromatic N) is 4. The van der Waals surface area contributed by atoms with Gasteiger partial charge in [-0.15, -0.1) is 0 Å². The molecule has 2 aromatic rings. The molecular weight excluding hydrogens is 312 g/mol. The second kappa shape index (κ2) is 6.10. The van der Waals surface area contributed by atoms with Crippen LogP contribution in [0.25, 0.3) is 0 Å². The molecule has 0 aliphatic carbocycles. The van der Waals surface area contributed by atoms with Crippen LogP contribution in [0.4, 0.5) is 11.4 Å². The molecule has 2 heterocycles. The molecule has 1 saturated heterocycles. The lowest BCUT2D eigenvalue weighted by Gasteiger charge is -2.35. The zero-order chi connectivity index (χ0) is 17.4. The number of anilines is 2. The van der Waals surface area contributed by atoms with Gasteiger partial charge in [0.2, 0.25) is 0 Å². The molecule has 0 amide bonds. The highest BCUT2D eigenvalue weighted by atomic mass is 16.4. The highest BCUT2D eigenvalue weighted by molar-refractivity contribution is 5.76. The van der Waals surface area contributed by atoms with Gasteiger partial charge in [0, 0.05) is 39.3 Å². The summed E-state index contributed by atoms with van der Waals surface area (Å²) in [5.41, 5.74) is 1.09. The minimum atomic E-state index is -0.921. The number of carboxylic acid groups (broad SMARTS) is 1. The van der Waals surface area contributed by atoms with Gasteiger partial charge in [0.05, 0.1) is 5.69 Å². The largest absolute Gasteiger partial charge is 0.480 e. The molecule has 0 radical (unpaired) electrons. The molecule has 24 heavy (non-hydrogen) atoms. The van der Waals surface area contributed by atoms with Gasteiger partial charge in [0.15, 0.2) is 0 Å². The van der Waals surface area contributed by atoms with E-state index in [4.69, 9.17) is 5.11 Å². The van der Waals surface area contributed by atoms with Crippen LogP contribution in [0, 0.1) is 0 Å². The van der Waals surface area contributed by atoms with Crippen molar-refractivity contribution >= 4 is 17.3 Å². The van der Waals surface area contributed by atoms with Crippen LogP contribution in [0.5, 0.6) is 0 Å². The van der Waals surface area contributed by atoms with E-state index >= 15 is 0 Å². The molecule has 128 valence electrons. The predicted molar refractivity (Wildman–Crippen MR) is 89.7 cm³/mol. The standard InChI is InChI=1S/C16H20N4O4/c1-18(2)13-14(16(24)15(13)23)19-6-3-10(4-7-19)11-5-8-20(17-11)9-12(21)22/h5,8,10H,3-4,6-7,9H2,1-2H3,(H,21,22). The molecule has 1 aliphatic rings. The Bertz CT molecular complexity index is 824. The summed E-state index contributed by atoms with van der Waals surface area (Å²) in [5, 5.41) is 13.1. The maximum Gasteiger partial charge on any atom is 0.325 e. The summed E-state index contributed by atoms with van der Waals surface area (Å²) in [6, 6.07) is 1.85. The van der Waals surface area contributed by atoms with Crippen LogP contribution >= 0.6 is 0 Å².